The number of thioether (sulfide) groups is 1. The number of rotatable bonds is 9. The van der Waals surface area contributed by atoms with E-state index in [4.69, 9.17) is 5.11 Å². The average molecular weight is 528 g/mol. The van der Waals surface area contributed by atoms with E-state index in [2.05, 4.69) is 12.2 Å². The summed E-state index contributed by atoms with van der Waals surface area (Å²) in [6.07, 6.45) is 0.871. The van der Waals surface area contributed by atoms with Crippen LogP contribution >= 0.6 is 11.8 Å². The van der Waals surface area contributed by atoms with E-state index in [-0.39, 0.29) is 12.3 Å². The second-order valence-electron chi connectivity index (χ2n) is 3.91. The smallest absolute Gasteiger partial charge is 0.317 e. The van der Waals surface area contributed by atoms with Gasteiger partial charge in [0.05, 0.1) is 0 Å². The van der Waals surface area contributed by atoms with Crippen molar-refractivity contribution in [2.24, 2.45) is 0 Å². The van der Waals surface area contributed by atoms with Crippen LogP contribution in [0, 0.1) is 6.92 Å². The third kappa shape index (κ3) is 9.47. The van der Waals surface area contributed by atoms with Crippen LogP contribution < -0.4 is 5.32 Å². The van der Waals surface area contributed by atoms with Crippen LogP contribution in [0.25, 0.3) is 0 Å². The van der Waals surface area contributed by atoms with Gasteiger partial charge in [-0.3, -0.25) is 9.59 Å². The molecular weight excluding hydrogens is 507 g/mol. The van der Waals surface area contributed by atoms with E-state index in [9.17, 15) is 9.59 Å². The fourth-order valence-corrected chi connectivity index (χ4v) is 1.92. The van der Waals surface area contributed by atoms with Gasteiger partial charge in [-0.25, -0.2) is 0 Å². The maximum atomic E-state index is 11.5. The van der Waals surface area contributed by atoms with Gasteiger partial charge in [-0.05, 0) is 27.1 Å². The Kier molecular flexibility index (Phi) is 10.8. The van der Waals surface area contributed by atoms with Crippen molar-refractivity contribution in [3.63, 3.8) is 0 Å². The average Bonchev–Trinajstić information content (AvgIpc) is 2.23. The molecule has 0 bridgehead atoms. The van der Waals surface area contributed by atoms with Crippen molar-refractivity contribution >= 4 is 23.6 Å². The predicted molar refractivity (Wildman–Crippen MR) is 70.0 cm³/mol. The van der Waals surface area contributed by atoms with Gasteiger partial charge < -0.3 is 22.2 Å². The Morgan fingerprint density at radius 1 is 1.44 bits per heavy atom. The molecule has 0 aromatic rings. The maximum absolute atomic E-state index is 11.5. The first-order chi connectivity index (χ1) is 7.97. The molecule has 0 aliphatic carbocycles. The van der Waals surface area contributed by atoms with E-state index in [0.717, 1.165) is 13.0 Å². The van der Waals surface area contributed by atoms with Crippen LogP contribution in [0.5, 0.6) is 0 Å². The van der Waals surface area contributed by atoms with Crippen molar-refractivity contribution in [1.29, 1.82) is 0 Å². The summed E-state index contributed by atoms with van der Waals surface area (Å²) in [6, 6.07) is 0. The molecule has 0 rings (SSSR count). The number of aliphatic carboxylic acids is 1. The Hall–Kier alpha value is -1.75. The summed E-state index contributed by atoms with van der Waals surface area (Å²) in [7, 11) is 3.93. The fraction of sp³-hybridized carbons (Fsp3) is 0.727. The van der Waals surface area contributed by atoms with Crippen LogP contribution in [0.15, 0.2) is 0 Å². The van der Waals surface area contributed by atoms with Crippen LogP contribution in [0.4, 0.5) is 0 Å². The van der Waals surface area contributed by atoms with Gasteiger partial charge in [0.25, 0.3) is 0 Å². The van der Waals surface area contributed by atoms with Crippen molar-refractivity contribution in [2.75, 3.05) is 32.9 Å². The van der Waals surface area contributed by atoms with E-state index in [1.807, 2.05) is 19.0 Å². The first-order valence-electron chi connectivity index (χ1n) is 5.52. The molecule has 0 aliphatic rings. The minimum absolute atomic E-state index is 0. The zero-order chi connectivity index (χ0) is 13.3. The topological polar surface area (TPSA) is 69.6 Å². The molecule has 0 heterocycles. The second-order valence-corrected chi connectivity index (χ2v) is 5.22. The molecule has 2 N–H and O–H groups in total. The van der Waals surface area contributed by atoms with Crippen LogP contribution in [0.3, 0.4) is 0 Å². The summed E-state index contributed by atoms with van der Waals surface area (Å²) in [6.45, 7) is 5.05. The summed E-state index contributed by atoms with van der Waals surface area (Å²) in [5, 5.41) is 10.9. The number of amides is 1. The van der Waals surface area contributed by atoms with Crippen molar-refractivity contribution in [3.05, 3.63) is 6.92 Å². The van der Waals surface area contributed by atoms with Crippen LogP contribution in [0.2, 0.25) is 0 Å². The normalized spacial score (nSPS) is 11.8. The van der Waals surface area contributed by atoms with Gasteiger partial charge in [0.2, 0.25) is 5.91 Å². The molecule has 0 aliphatic heterocycles. The zero-order valence-corrected chi connectivity index (χ0v) is 18.4. The number of carbonyl (C=O) groups excluding carboxylic acids is 1. The van der Waals surface area contributed by atoms with Crippen LogP contribution in [-0.4, -0.2) is 60.1 Å². The van der Waals surface area contributed by atoms with Gasteiger partial charge in [0.1, 0.15) is 5.25 Å². The molecule has 0 radical (unpaired) electrons. The quantitative estimate of drug-likeness (QED) is 0.337. The molecule has 1 atom stereocenters. The molecule has 18 heavy (non-hydrogen) atoms. The van der Waals surface area contributed by atoms with E-state index in [0.29, 0.717) is 12.3 Å². The number of carboxylic acid groups (broad SMARTS) is 1. The number of carboxylic acids is 1. The molecule has 7 heteroatoms. The molecule has 1 amide bonds. The Balaban J connectivity index is 0. The van der Waals surface area contributed by atoms with Crippen molar-refractivity contribution in [1.82, 2.24) is 10.2 Å². The van der Waals surface area contributed by atoms with Crippen LogP contribution in [-0.2, 0) is 9.59 Å². The van der Waals surface area contributed by atoms with E-state index in [1.165, 1.54) is 11.8 Å². The first kappa shape index (κ1) is 18.6. The first-order valence-corrected chi connectivity index (χ1v) is 6.57. The van der Waals surface area contributed by atoms with Gasteiger partial charge in [0.15, 0.2) is 0 Å². The Labute approximate surface area is 107 Å². The third-order valence-electron chi connectivity index (χ3n) is 2.07. The number of nitrogens with one attached hydrogen (secondary N) is 1. The summed E-state index contributed by atoms with van der Waals surface area (Å²) in [5.74, 6) is -0.718. The van der Waals surface area contributed by atoms with Gasteiger partial charge in [0, 0.05) is 13.0 Å². The predicted octanol–water partition coefficient (Wildman–Crippen LogP) is 0.465. The Morgan fingerprint density at radius 2 is 2.06 bits per heavy atom. The third-order valence-corrected chi connectivity index (χ3v) is 3.08. The van der Waals surface area contributed by atoms with E-state index in [1.54, 1.807) is 0 Å². The van der Waals surface area contributed by atoms with E-state index < -0.39 is 11.2 Å². The summed E-state index contributed by atoms with van der Waals surface area (Å²) < 4.78 is 0. The standard InChI is InChI=1S/C11H21N2O3S.Rf/c1-4-17-9(11(15)16)8-10(14)12-6-5-7-13(2)3;/h9H,1,4-8H2,2-3H3,(H,12,14)(H,15,16);/q-1;. The van der Waals surface area contributed by atoms with Crippen molar-refractivity contribution in [2.45, 2.75) is 18.1 Å². The number of nitrogens with zero attached hydrogens (tertiary/aromatic N) is 1. The SMILES string of the molecule is [CH2-]CSC(CC(=O)NCCCN(C)C)C(=O)O.[Rf]. The van der Waals surface area contributed by atoms with Gasteiger partial charge >= 0.3 is 5.97 Å². The number of carbonyl (C=O) groups is 2. The van der Waals surface area contributed by atoms with Gasteiger partial charge in [-0.2, -0.15) is 11.8 Å². The fourth-order valence-electron chi connectivity index (χ4n) is 1.22. The molecular formula is C11H21N2O3RfS-. The maximum Gasteiger partial charge on any atom is 0.317 e. The second kappa shape index (κ2) is 10.4. The molecule has 102 valence electrons. The molecule has 0 spiro atoms. The van der Waals surface area contributed by atoms with Gasteiger partial charge in [-0.1, -0.05) is 0 Å². The summed E-state index contributed by atoms with van der Waals surface area (Å²) >= 11 is 1.18. The van der Waals surface area contributed by atoms with Crippen LogP contribution in [0.1, 0.15) is 12.8 Å². The molecule has 0 saturated carbocycles. The number of hydrogen-bond acceptors (Lipinski definition) is 4. The Morgan fingerprint density at radius 3 is 2.50 bits per heavy atom. The molecule has 0 aromatic heterocycles. The van der Waals surface area contributed by atoms with Gasteiger partial charge in [-0.15, -0.1) is 5.75 Å². The Bertz CT molecular complexity index is 252. The summed E-state index contributed by atoms with van der Waals surface area (Å²) in [4.78, 5) is 24.3. The van der Waals surface area contributed by atoms with Crippen molar-refractivity contribution < 1.29 is 14.7 Å². The largest absolute Gasteiger partial charge is 0.480 e. The molecule has 0 saturated heterocycles. The van der Waals surface area contributed by atoms with E-state index >= 15 is 0 Å². The zero-order valence-electron chi connectivity index (χ0n) is 11.1. The molecule has 5 nitrogen and oxygen atoms in total. The minimum atomic E-state index is -0.956. The molecule has 0 aromatic carbocycles. The molecule has 1 unspecified atom stereocenters. The number of hydrogen-bond donors (Lipinski definition) is 2. The van der Waals surface area contributed by atoms with Crippen molar-refractivity contribution in [3.8, 4) is 0 Å². The summed E-state index contributed by atoms with van der Waals surface area (Å²) in [5.41, 5.74) is 0. The monoisotopic (exact) mass is 528 g/mol. The minimum Gasteiger partial charge on any atom is -0.480 e. The molecule has 0 fully saturated rings.